The molecule has 0 amide bonds. The molecule has 0 N–H and O–H groups in total. The largest absolute Gasteiger partial charge is 0.472 e. The van der Waals surface area contributed by atoms with Gasteiger partial charge in [-0.1, -0.05) is 0 Å². The van der Waals surface area contributed by atoms with Crippen LogP contribution in [0.15, 0.2) is 23.0 Å². The van der Waals surface area contributed by atoms with Crippen molar-refractivity contribution in [2.45, 2.75) is 25.8 Å². The molecule has 0 bridgehead atoms. The van der Waals surface area contributed by atoms with Crippen molar-refractivity contribution in [3.63, 3.8) is 0 Å². The number of rotatable bonds is 3. The van der Waals surface area contributed by atoms with Gasteiger partial charge < -0.3 is 8.98 Å². The molecule has 0 saturated heterocycles. The number of halogens is 1. The Bertz CT molecular complexity index is 709. The number of alkyl halides is 1. The van der Waals surface area contributed by atoms with E-state index in [2.05, 4.69) is 14.6 Å². The van der Waals surface area contributed by atoms with Crippen molar-refractivity contribution >= 4 is 22.8 Å². The lowest BCUT2D eigenvalue weighted by atomic mass is 10.3. The van der Waals surface area contributed by atoms with Crippen LogP contribution < -0.4 is 0 Å². The molecule has 1 atom stereocenters. The number of fused-ring (bicyclic) bond motifs is 1. The molecule has 0 aliphatic rings. The fourth-order valence-corrected chi connectivity index (χ4v) is 2.54. The Balaban J connectivity index is 2.21. The highest BCUT2D eigenvalue weighted by atomic mass is 35.5. The predicted molar refractivity (Wildman–Crippen MR) is 73.3 cm³/mol. The van der Waals surface area contributed by atoms with Crippen LogP contribution in [0, 0.1) is 6.92 Å². The van der Waals surface area contributed by atoms with Crippen LogP contribution >= 0.6 is 11.6 Å². The monoisotopic (exact) mass is 278 g/mol. The molecule has 0 aliphatic carbocycles. The quantitative estimate of drug-likeness (QED) is 0.692. The van der Waals surface area contributed by atoms with Gasteiger partial charge in [-0.15, -0.1) is 11.6 Å². The first-order chi connectivity index (χ1) is 9.08. The van der Waals surface area contributed by atoms with Crippen molar-refractivity contribution < 1.29 is 4.42 Å². The normalized spacial score (nSPS) is 13.3. The van der Waals surface area contributed by atoms with Crippen LogP contribution in [0.1, 0.15) is 29.4 Å². The molecule has 0 aromatic carbocycles. The van der Waals surface area contributed by atoms with Crippen LogP contribution in [0.3, 0.4) is 0 Å². The number of nitrogens with zero attached hydrogens (tertiary/aromatic N) is 4. The molecule has 5 nitrogen and oxygen atoms in total. The maximum Gasteiger partial charge on any atom is 0.159 e. The fraction of sp³-hybridized carbons (Fsp3) is 0.385. The maximum absolute atomic E-state index is 6.25. The van der Waals surface area contributed by atoms with E-state index in [1.807, 2.05) is 31.6 Å². The lowest BCUT2D eigenvalue weighted by Gasteiger charge is -2.09. The summed E-state index contributed by atoms with van der Waals surface area (Å²) in [6.07, 6.45) is 3.40. The molecule has 3 aromatic heterocycles. The van der Waals surface area contributed by atoms with Crippen LogP contribution in [-0.2, 0) is 13.6 Å². The highest BCUT2D eigenvalue weighted by molar-refractivity contribution is 6.20. The Labute approximate surface area is 115 Å². The molecule has 1 unspecified atom stereocenters. The average Bonchev–Trinajstić information content (AvgIpc) is 3.00. The number of aryl methyl sites for hydroxylation is 2. The molecule has 19 heavy (non-hydrogen) atoms. The summed E-state index contributed by atoms with van der Waals surface area (Å²) in [7, 11) is 1.92. The van der Waals surface area contributed by atoms with Gasteiger partial charge in [-0.3, -0.25) is 4.68 Å². The van der Waals surface area contributed by atoms with Gasteiger partial charge in [0.1, 0.15) is 11.3 Å². The van der Waals surface area contributed by atoms with Crippen molar-refractivity contribution in [1.29, 1.82) is 0 Å². The predicted octanol–water partition coefficient (Wildman–Crippen LogP) is 3.02. The second-order valence-electron chi connectivity index (χ2n) is 4.68. The van der Waals surface area contributed by atoms with E-state index in [0.29, 0.717) is 6.54 Å². The molecule has 100 valence electrons. The molecule has 6 heteroatoms. The van der Waals surface area contributed by atoms with Crippen molar-refractivity contribution in [2.75, 3.05) is 0 Å². The van der Waals surface area contributed by atoms with E-state index in [-0.39, 0.29) is 5.38 Å². The Morgan fingerprint density at radius 1 is 1.47 bits per heavy atom. The minimum absolute atomic E-state index is 0.154. The summed E-state index contributed by atoms with van der Waals surface area (Å²) < 4.78 is 9.06. The van der Waals surface area contributed by atoms with Crippen LogP contribution in [0.5, 0.6) is 0 Å². The number of hydrogen-bond acceptors (Lipinski definition) is 3. The van der Waals surface area contributed by atoms with E-state index in [1.54, 1.807) is 12.5 Å². The smallest absolute Gasteiger partial charge is 0.159 e. The lowest BCUT2D eigenvalue weighted by molar-refractivity contribution is 0.561. The van der Waals surface area contributed by atoms with Gasteiger partial charge in [0.15, 0.2) is 5.65 Å². The van der Waals surface area contributed by atoms with Gasteiger partial charge in [0.2, 0.25) is 0 Å². The number of aromatic nitrogens is 4. The second-order valence-corrected chi connectivity index (χ2v) is 5.34. The van der Waals surface area contributed by atoms with Gasteiger partial charge in [-0.25, -0.2) is 4.98 Å². The van der Waals surface area contributed by atoms with Crippen LogP contribution in [0.4, 0.5) is 0 Å². The highest BCUT2D eigenvalue weighted by Gasteiger charge is 2.20. The lowest BCUT2D eigenvalue weighted by Crippen LogP contribution is -2.08. The SMILES string of the molecule is Cc1nn(C)c2c1nc(C(C)Cl)n2Cc1ccoc1. The first-order valence-corrected chi connectivity index (χ1v) is 6.56. The molecule has 0 aliphatic heterocycles. The average molecular weight is 279 g/mol. The van der Waals surface area contributed by atoms with Gasteiger partial charge in [0, 0.05) is 12.6 Å². The van der Waals surface area contributed by atoms with Crippen LogP contribution in [-0.4, -0.2) is 19.3 Å². The number of hydrogen-bond donors (Lipinski definition) is 0. The molecular formula is C13H15ClN4O. The minimum Gasteiger partial charge on any atom is -0.472 e. The fourth-order valence-electron chi connectivity index (χ4n) is 2.38. The Morgan fingerprint density at radius 2 is 2.26 bits per heavy atom. The van der Waals surface area contributed by atoms with E-state index in [1.165, 1.54) is 0 Å². The minimum atomic E-state index is -0.154. The Hall–Kier alpha value is -1.75. The van der Waals surface area contributed by atoms with E-state index >= 15 is 0 Å². The third kappa shape index (κ3) is 1.94. The molecule has 0 saturated carbocycles. The summed E-state index contributed by atoms with van der Waals surface area (Å²) in [6, 6.07) is 1.94. The summed E-state index contributed by atoms with van der Waals surface area (Å²) in [6.45, 7) is 4.57. The topological polar surface area (TPSA) is 48.8 Å². The van der Waals surface area contributed by atoms with Gasteiger partial charge in [0.05, 0.1) is 30.1 Å². The van der Waals surface area contributed by atoms with E-state index in [4.69, 9.17) is 16.0 Å². The Kier molecular flexibility index (Phi) is 2.86. The maximum atomic E-state index is 6.25. The molecule has 0 spiro atoms. The summed E-state index contributed by atoms with van der Waals surface area (Å²) >= 11 is 6.25. The zero-order chi connectivity index (χ0) is 13.6. The zero-order valence-electron chi connectivity index (χ0n) is 11.1. The standard InChI is InChI=1S/C13H15ClN4O/c1-8(14)12-15-11-9(2)16-17(3)13(11)18(12)6-10-4-5-19-7-10/h4-5,7-8H,6H2,1-3H3. The second kappa shape index (κ2) is 4.42. The highest BCUT2D eigenvalue weighted by Crippen LogP contribution is 2.26. The van der Waals surface area contributed by atoms with Gasteiger partial charge in [0.25, 0.3) is 0 Å². The van der Waals surface area contributed by atoms with Gasteiger partial charge >= 0.3 is 0 Å². The van der Waals surface area contributed by atoms with Crippen molar-refractivity contribution in [2.24, 2.45) is 7.05 Å². The van der Waals surface area contributed by atoms with Crippen molar-refractivity contribution in [3.05, 3.63) is 35.7 Å². The van der Waals surface area contributed by atoms with Gasteiger partial charge in [-0.2, -0.15) is 5.10 Å². The molecule has 0 radical (unpaired) electrons. The molecule has 3 aromatic rings. The van der Waals surface area contributed by atoms with Crippen molar-refractivity contribution in [1.82, 2.24) is 19.3 Å². The van der Waals surface area contributed by atoms with E-state index in [9.17, 15) is 0 Å². The summed E-state index contributed by atoms with van der Waals surface area (Å²) in [5.74, 6) is 0.856. The number of furan rings is 1. The van der Waals surface area contributed by atoms with E-state index < -0.39 is 0 Å². The first-order valence-electron chi connectivity index (χ1n) is 6.12. The van der Waals surface area contributed by atoms with Crippen LogP contribution in [0.2, 0.25) is 0 Å². The Morgan fingerprint density at radius 3 is 2.89 bits per heavy atom. The molecule has 0 fully saturated rings. The van der Waals surface area contributed by atoms with Crippen molar-refractivity contribution in [3.8, 4) is 0 Å². The summed E-state index contributed by atoms with van der Waals surface area (Å²) in [4.78, 5) is 4.63. The molecular weight excluding hydrogens is 264 g/mol. The summed E-state index contributed by atoms with van der Waals surface area (Å²) in [5.41, 5.74) is 3.90. The number of imidazole rings is 1. The molecule has 3 heterocycles. The third-order valence-corrected chi connectivity index (χ3v) is 3.39. The van der Waals surface area contributed by atoms with E-state index in [0.717, 1.165) is 28.2 Å². The third-order valence-electron chi connectivity index (χ3n) is 3.20. The summed E-state index contributed by atoms with van der Waals surface area (Å²) in [5, 5.41) is 4.25. The van der Waals surface area contributed by atoms with Gasteiger partial charge in [-0.05, 0) is 19.9 Å². The zero-order valence-corrected chi connectivity index (χ0v) is 11.8. The van der Waals surface area contributed by atoms with Crippen LogP contribution in [0.25, 0.3) is 11.2 Å². The molecule has 3 rings (SSSR count). The first kappa shape index (κ1) is 12.3.